The minimum atomic E-state index is 0.376. The van der Waals surface area contributed by atoms with E-state index in [1.165, 1.54) is 27.8 Å². The number of hydrogen-bond donors (Lipinski definition) is 1. The maximum atomic E-state index is 3.62. The Balaban J connectivity index is 2.07. The Kier molecular flexibility index (Phi) is 4.39. The third-order valence-corrected chi connectivity index (χ3v) is 3.97. The molecule has 0 heterocycles. The molecule has 100 valence electrons. The number of rotatable bonds is 4. The zero-order chi connectivity index (χ0) is 13.8. The number of nitrogens with one attached hydrogen (secondary N) is 1. The Morgan fingerprint density at radius 1 is 0.895 bits per heavy atom. The first-order chi connectivity index (χ1) is 9.09. The van der Waals surface area contributed by atoms with Gasteiger partial charge in [-0.25, -0.2) is 0 Å². The van der Waals surface area contributed by atoms with E-state index >= 15 is 0 Å². The SMILES string of the molecule is Cc1ccccc1C(C)NCc1cccc(C)c1C. The van der Waals surface area contributed by atoms with Crippen LogP contribution < -0.4 is 5.32 Å². The molecule has 1 heteroatoms. The van der Waals surface area contributed by atoms with E-state index in [2.05, 4.69) is 75.5 Å². The molecule has 2 rings (SSSR count). The molecule has 0 fully saturated rings. The zero-order valence-corrected chi connectivity index (χ0v) is 12.3. The van der Waals surface area contributed by atoms with Crippen LogP contribution in [0.5, 0.6) is 0 Å². The Hall–Kier alpha value is -1.60. The Morgan fingerprint density at radius 2 is 1.58 bits per heavy atom. The van der Waals surface area contributed by atoms with Gasteiger partial charge in [-0.3, -0.25) is 0 Å². The van der Waals surface area contributed by atoms with Crippen LogP contribution in [0, 0.1) is 20.8 Å². The third kappa shape index (κ3) is 3.24. The second-order valence-electron chi connectivity index (χ2n) is 5.32. The van der Waals surface area contributed by atoms with Crippen LogP contribution in [0.25, 0.3) is 0 Å². The Bertz CT molecular complexity index is 557. The first-order valence-corrected chi connectivity index (χ1v) is 6.93. The molecule has 19 heavy (non-hydrogen) atoms. The molecule has 0 saturated heterocycles. The van der Waals surface area contributed by atoms with Crippen LogP contribution in [-0.2, 0) is 6.54 Å². The number of aryl methyl sites for hydroxylation is 2. The summed E-state index contributed by atoms with van der Waals surface area (Å²) in [4.78, 5) is 0. The molecule has 0 aliphatic carbocycles. The molecule has 0 amide bonds. The van der Waals surface area contributed by atoms with E-state index in [0.29, 0.717) is 6.04 Å². The van der Waals surface area contributed by atoms with Gasteiger partial charge in [-0.1, -0.05) is 42.5 Å². The molecule has 0 aliphatic heterocycles. The molecule has 1 unspecified atom stereocenters. The highest BCUT2D eigenvalue weighted by molar-refractivity contribution is 5.33. The molecule has 1 nitrogen and oxygen atoms in total. The average molecular weight is 253 g/mol. The molecule has 0 spiro atoms. The highest BCUT2D eigenvalue weighted by atomic mass is 14.9. The fourth-order valence-electron chi connectivity index (χ4n) is 2.45. The summed E-state index contributed by atoms with van der Waals surface area (Å²) in [6, 6.07) is 15.5. The van der Waals surface area contributed by atoms with Crippen LogP contribution in [0.4, 0.5) is 0 Å². The normalized spacial score (nSPS) is 12.4. The topological polar surface area (TPSA) is 12.0 Å². The fourth-order valence-corrected chi connectivity index (χ4v) is 2.45. The van der Waals surface area contributed by atoms with Gasteiger partial charge in [0.15, 0.2) is 0 Å². The molecule has 0 aliphatic rings. The van der Waals surface area contributed by atoms with E-state index in [-0.39, 0.29) is 0 Å². The predicted molar refractivity (Wildman–Crippen MR) is 82.3 cm³/mol. The van der Waals surface area contributed by atoms with Gasteiger partial charge in [0.1, 0.15) is 0 Å². The summed E-state index contributed by atoms with van der Waals surface area (Å²) in [6.07, 6.45) is 0. The van der Waals surface area contributed by atoms with Crippen LogP contribution in [0.15, 0.2) is 42.5 Å². The van der Waals surface area contributed by atoms with Gasteiger partial charge in [-0.05, 0) is 55.5 Å². The quantitative estimate of drug-likeness (QED) is 0.848. The largest absolute Gasteiger partial charge is 0.306 e. The van der Waals surface area contributed by atoms with Crippen LogP contribution >= 0.6 is 0 Å². The van der Waals surface area contributed by atoms with E-state index in [9.17, 15) is 0 Å². The summed E-state index contributed by atoms with van der Waals surface area (Å²) >= 11 is 0. The van der Waals surface area contributed by atoms with Crippen molar-refractivity contribution in [2.24, 2.45) is 0 Å². The summed E-state index contributed by atoms with van der Waals surface area (Å²) in [5.41, 5.74) is 6.88. The van der Waals surface area contributed by atoms with Crippen molar-refractivity contribution in [2.45, 2.75) is 40.3 Å². The van der Waals surface area contributed by atoms with Gasteiger partial charge in [0.2, 0.25) is 0 Å². The minimum absolute atomic E-state index is 0.376. The summed E-state index contributed by atoms with van der Waals surface area (Å²) in [5.74, 6) is 0. The molecule has 0 bridgehead atoms. The maximum absolute atomic E-state index is 3.62. The van der Waals surface area contributed by atoms with Gasteiger partial charge in [0, 0.05) is 12.6 Å². The van der Waals surface area contributed by atoms with Crippen molar-refractivity contribution in [3.05, 3.63) is 70.3 Å². The average Bonchev–Trinajstić information content (AvgIpc) is 2.40. The van der Waals surface area contributed by atoms with Gasteiger partial charge in [-0.2, -0.15) is 0 Å². The van der Waals surface area contributed by atoms with E-state index < -0.39 is 0 Å². The predicted octanol–water partition coefficient (Wildman–Crippen LogP) is 4.46. The van der Waals surface area contributed by atoms with Crippen LogP contribution in [-0.4, -0.2) is 0 Å². The van der Waals surface area contributed by atoms with Crippen molar-refractivity contribution in [3.8, 4) is 0 Å². The van der Waals surface area contributed by atoms with Gasteiger partial charge in [-0.15, -0.1) is 0 Å². The Labute approximate surface area is 116 Å². The highest BCUT2D eigenvalue weighted by Crippen LogP contribution is 2.18. The van der Waals surface area contributed by atoms with Crippen molar-refractivity contribution in [3.63, 3.8) is 0 Å². The summed E-state index contributed by atoms with van der Waals surface area (Å²) in [7, 11) is 0. The Morgan fingerprint density at radius 3 is 2.32 bits per heavy atom. The maximum Gasteiger partial charge on any atom is 0.0297 e. The molecular weight excluding hydrogens is 230 g/mol. The van der Waals surface area contributed by atoms with E-state index in [0.717, 1.165) is 6.54 Å². The lowest BCUT2D eigenvalue weighted by Gasteiger charge is -2.18. The number of hydrogen-bond acceptors (Lipinski definition) is 1. The second kappa shape index (κ2) is 6.03. The molecule has 1 atom stereocenters. The van der Waals surface area contributed by atoms with Crippen LogP contribution in [0.3, 0.4) is 0 Å². The van der Waals surface area contributed by atoms with Crippen molar-refractivity contribution < 1.29 is 0 Å². The van der Waals surface area contributed by atoms with Gasteiger partial charge in [0.25, 0.3) is 0 Å². The molecular formula is C18H23N. The van der Waals surface area contributed by atoms with E-state index in [4.69, 9.17) is 0 Å². The lowest BCUT2D eigenvalue weighted by Crippen LogP contribution is -2.19. The lowest BCUT2D eigenvalue weighted by atomic mass is 10.0. The van der Waals surface area contributed by atoms with Crippen molar-refractivity contribution >= 4 is 0 Å². The monoisotopic (exact) mass is 253 g/mol. The molecule has 0 saturated carbocycles. The fraction of sp³-hybridized carbons (Fsp3) is 0.333. The van der Waals surface area contributed by atoms with Crippen molar-refractivity contribution in [2.75, 3.05) is 0 Å². The van der Waals surface area contributed by atoms with Gasteiger partial charge in [0.05, 0.1) is 0 Å². The van der Waals surface area contributed by atoms with Crippen molar-refractivity contribution in [1.29, 1.82) is 0 Å². The molecule has 1 N–H and O–H groups in total. The first kappa shape index (κ1) is 13.8. The zero-order valence-electron chi connectivity index (χ0n) is 12.3. The third-order valence-electron chi connectivity index (χ3n) is 3.97. The molecule has 2 aromatic rings. The van der Waals surface area contributed by atoms with Crippen LogP contribution in [0.1, 0.15) is 40.8 Å². The molecule has 0 radical (unpaired) electrons. The highest BCUT2D eigenvalue weighted by Gasteiger charge is 2.08. The molecule has 0 aromatic heterocycles. The van der Waals surface area contributed by atoms with Crippen molar-refractivity contribution in [1.82, 2.24) is 5.32 Å². The van der Waals surface area contributed by atoms with E-state index in [1.54, 1.807) is 0 Å². The standard InChI is InChI=1S/C18H23N/c1-13-9-7-10-17(15(13)3)12-19-16(4)18-11-6-5-8-14(18)2/h5-11,16,19H,12H2,1-4H3. The van der Waals surface area contributed by atoms with Gasteiger partial charge < -0.3 is 5.32 Å². The van der Waals surface area contributed by atoms with Gasteiger partial charge >= 0.3 is 0 Å². The van der Waals surface area contributed by atoms with E-state index in [1.807, 2.05) is 0 Å². The summed E-state index contributed by atoms with van der Waals surface area (Å²) in [5, 5.41) is 3.62. The number of benzene rings is 2. The first-order valence-electron chi connectivity index (χ1n) is 6.93. The molecule has 2 aromatic carbocycles. The van der Waals surface area contributed by atoms with Crippen LogP contribution in [0.2, 0.25) is 0 Å². The smallest absolute Gasteiger partial charge is 0.0297 e. The summed E-state index contributed by atoms with van der Waals surface area (Å²) in [6.45, 7) is 9.69. The lowest BCUT2D eigenvalue weighted by molar-refractivity contribution is 0.571. The second-order valence-corrected chi connectivity index (χ2v) is 5.32. The minimum Gasteiger partial charge on any atom is -0.306 e. The summed E-state index contributed by atoms with van der Waals surface area (Å²) < 4.78 is 0.